The van der Waals surface area contributed by atoms with Crippen LogP contribution in [0.4, 0.5) is 0 Å². The lowest BCUT2D eigenvalue weighted by Crippen LogP contribution is -2.50. The van der Waals surface area contributed by atoms with E-state index in [1.54, 1.807) is 22.7 Å². The topological polar surface area (TPSA) is 23.8 Å². The number of rotatable bonds is 3. The van der Waals surface area contributed by atoms with Crippen molar-refractivity contribution < 1.29 is 0 Å². The molecule has 0 radical (unpaired) electrons. The van der Waals surface area contributed by atoms with E-state index in [0.29, 0.717) is 0 Å². The van der Waals surface area contributed by atoms with Crippen LogP contribution in [0.25, 0.3) is 0 Å². The van der Waals surface area contributed by atoms with Gasteiger partial charge in [0.25, 0.3) is 0 Å². The smallest absolute Gasteiger partial charge is 0.131 e. The summed E-state index contributed by atoms with van der Waals surface area (Å²) in [4.78, 5) is 2.51. The highest BCUT2D eigenvalue weighted by molar-refractivity contribution is 7.12. The van der Waals surface area contributed by atoms with E-state index in [1.807, 2.05) is 0 Å². The monoisotopic (exact) mass is 313 g/mol. The molecule has 3 heteroatoms. The zero-order valence-electron chi connectivity index (χ0n) is 12.0. The Labute approximate surface area is 134 Å². The minimum atomic E-state index is -0.416. The maximum Gasteiger partial charge on any atom is 0.131 e. The van der Waals surface area contributed by atoms with E-state index >= 15 is 0 Å². The highest BCUT2D eigenvalue weighted by Gasteiger charge is 2.58. The predicted octanol–water partition coefficient (Wildman–Crippen LogP) is 5.59. The molecule has 3 fully saturated rings. The van der Waals surface area contributed by atoms with Crippen LogP contribution in [0, 0.1) is 22.7 Å². The summed E-state index contributed by atoms with van der Waals surface area (Å²) in [6.07, 6.45) is 7.63. The molecule has 3 aliphatic carbocycles. The highest BCUT2D eigenvalue weighted by Crippen LogP contribution is 2.63. The van der Waals surface area contributed by atoms with Crippen LogP contribution < -0.4 is 0 Å². The van der Waals surface area contributed by atoms with E-state index < -0.39 is 5.41 Å². The maximum atomic E-state index is 10.3. The molecule has 0 aliphatic heterocycles. The third kappa shape index (κ3) is 1.79. The fourth-order valence-corrected chi connectivity index (χ4v) is 6.75. The third-order valence-electron chi connectivity index (χ3n) is 5.84. The summed E-state index contributed by atoms with van der Waals surface area (Å²) < 4.78 is 0. The van der Waals surface area contributed by atoms with E-state index in [4.69, 9.17) is 0 Å². The Morgan fingerprint density at radius 3 is 1.90 bits per heavy atom. The molecule has 2 heterocycles. The molecule has 2 aromatic rings. The van der Waals surface area contributed by atoms with Crippen LogP contribution in [0.15, 0.2) is 35.0 Å². The molecule has 2 aromatic heterocycles. The Hall–Kier alpha value is -1.11. The molecular formula is C18H19NS2. The van der Waals surface area contributed by atoms with E-state index in [0.717, 1.165) is 5.92 Å². The van der Waals surface area contributed by atoms with Crippen molar-refractivity contribution in [1.29, 1.82) is 5.26 Å². The van der Waals surface area contributed by atoms with Crippen molar-refractivity contribution >= 4 is 22.7 Å². The SMILES string of the molecule is N#CC(c1cccs1)(c1cccs1)C12CCC(CC1)CC2. The fraction of sp³-hybridized carbons (Fsp3) is 0.500. The molecule has 3 saturated carbocycles. The molecule has 0 saturated heterocycles. The molecule has 108 valence electrons. The second-order valence-electron chi connectivity index (χ2n) is 6.58. The zero-order valence-corrected chi connectivity index (χ0v) is 13.7. The Morgan fingerprint density at radius 1 is 1.00 bits per heavy atom. The van der Waals surface area contributed by atoms with Crippen LogP contribution in [-0.4, -0.2) is 0 Å². The van der Waals surface area contributed by atoms with Gasteiger partial charge >= 0.3 is 0 Å². The Balaban J connectivity index is 1.94. The van der Waals surface area contributed by atoms with Gasteiger partial charge in [-0.2, -0.15) is 5.26 Å². The van der Waals surface area contributed by atoms with Crippen LogP contribution in [0.5, 0.6) is 0 Å². The maximum absolute atomic E-state index is 10.3. The second kappa shape index (κ2) is 4.97. The lowest BCUT2D eigenvalue weighted by atomic mass is 9.49. The van der Waals surface area contributed by atoms with Gasteiger partial charge in [0.15, 0.2) is 0 Å². The molecule has 0 atom stereocenters. The standard InChI is InChI=1S/C18H19NS2/c19-13-18(15-3-1-11-20-15,16-4-2-12-21-16)17-8-5-14(6-9-17)7-10-17/h1-4,11-12,14H,5-10H2. The molecule has 5 rings (SSSR count). The van der Waals surface area contributed by atoms with Gasteiger partial charge in [-0.1, -0.05) is 12.1 Å². The molecule has 2 bridgehead atoms. The van der Waals surface area contributed by atoms with Gasteiger partial charge in [-0.25, -0.2) is 0 Å². The van der Waals surface area contributed by atoms with Gasteiger partial charge < -0.3 is 0 Å². The average molecular weight is 313 g/mol. The summed E-state index contributed by atoms with van der Waals surface area (Å²) in [6.45, 7) is 0. The minimum Gasteiger partial charge on any atom is -0.197 e. The van der Waals surface area contributed by atoms with Crippen molar-refractivity contribution in [3.8, 4) is 6.07 Å². The second-order valence-corrected chi connectivity index (χ2v) is 8.47. The number of hydrogen-bond donors (Lipinski definition) is 0. The van der Waals surface area contributed by atoms with E-state index in [1.165, 1.54) is 48.3 Å². The molecule has 0 N–H and O–H groups in total. The Kier molecular flexibility index (Phi) is 3.20. The normalized spacial score (nSPS) is 28.4. The first-order chi connectivity index (χ1) is 10.3. The van der Waals surface area contributed by atoms with Gasteiger partial charge in [0.2, 0.25) is 0 Å². The number of thiophene rings is 2. The largest absolute Gasteiger partial charge is 0.197 e. The molecule has 0 spiro atoms. The van der Waals surface area contributed by atoms with Gasteiger partial charge in [-0.05, 0) is 72.8 Å². The van der Waals surface area contributed by atoms with Gasteiger partial charge in [-0.15, -0.1) is 22.7 Å². The first kappa shape index (κ1) is 13.5. The summed E-state index contributed by atoms with van der Waals surface area (Å²) in [5, 5.41) is 14.6. The number of nitrogens with zero attached hydrogens (tertiary/aromatic N) is 1. The fourth-order valence-electron chi connectivity index (χ4n) is 4.67. The van der Waals surface area contributed by atoms with Crippen molar-refractivity contribution in [2.45, 2.75) is 43.9 Å². The molecule has 0 amide bonds. The zero-order chi connectivity index (χ0) is 14.3. The van der Waals surface area contributed by atoms with E-state index in [9.17, 15) is 5.26 Å². The van der Waals surface area contributed by atoms with Crippen molar-refractivity contribution in [2.75, 3.05) is 0 Å². The quantitative estimate of drug-likeness (QED) is 0.724. The Bertz CT molecular complexity index is 592. The van der Waals surface area contributed by atoms with Crippen molar-refractivity contribution in [1.82, 2.24) is 0 Å². The van der Waals surface area contributed by atoms with Crippen LogP contribution in [-0.2, 0) is 5.41 Å². The Morgan fingerprint density at radius 2 is 1.52 bits per heavy atom. The summed E-state index contributed by atoms with van der Waals surface area (Å²) >= 11 is 3.52. The van der Waals surface area contributed by atoms with Crippen molar-refractivity contribution in [3.63, 3.8) is 0 Å². The number of nitriles is 1. The highest BCUT2D eigenvalue weighted by atomic mass is 32.1. The van der Waals surface area contributed by atoms with Gasteiger partial charge in [0.1, 0.15) is 5.41 Å². The van der Waals surface area contributed by atoms with Crippen molar-refractivity contribution in [3.05, 3.63) is 44.8 Å². The molecular weight excluding hydrogens is 294 g/mol. The van der Waals surface area contributed by atoms with Crippen LogP contribution >= 0.6 is 22.7 Å². The predicted molar refractivity (Wildman–Crippen MR) is 88.7 cm³/mol. The van der Waals surface area contributed by atoms with Gasteiger partial charge in [-0.3, -0.25) is 0 Å². The van der Waals surface area contributed by atoms with Gasteiger partial charge in [0, 0.05) is 9.75 Å². The van der Waals surface area contributed by atoms with Crippen LogP contribution in [0.2, 0.25) is 0 Å². The minimum absolute atomic E-state index is 0.159. The summed E-state index contributed by atoms with van der Waals surface area (Å²) in [5.74, 6) is 0.926. The van der Waals surface area contributed by atoms with Crippen LogP contribution in [0.3, 0.4) is 0 Å². The van der Waals surface area contributed by atoms with Crippen LogP contribution in [0.1, 0.15) is 48.3 Å². The van der Waals surface area contributed by atoms with Crippen molar-refractivity contribution in [2.24, 2.45) is 11.3 Å². The molecule has 0 aromatic carbocycles. The third-order valence-corrected chi connectivity index (χ3v) is 7.82. The first-order valence-corrected chi connectivity index (χ1v) is 9.56. The average Bonchev–Trinajstić information content (AvgIpc) is 3.24. The molecule has 0 unspecified atom stereocenters. The van der Waals surface area contributed by atoms with E-state index in [-0.39, 0.29) is 5.41 Å². The summed E-state index contributed by atoms with van der Waals surface area (Å²) in [6, 6.07) is 11.4. The molecule has 1 nitrogen and oxygen atoms in total. The van der Waals surface area contributed by atoms with Gasteiger partial charge in [0.05, 0.1) is 6.07 Å². The lowest BCUT2D eigenvalue weighted by Gasteiger charge is -2.54. The van der Waals surface area contributed by atoms with E-state index in [2.05, 4.69) is 41.1 Å². The first-order valence-electron chi connectivity index (χ1n) is 7.80. The number of fused-ring (bicyclic) bond motifs is 3. The summed E-state index contributed by atoms with van der Waals surface area (Å²) in [7, 11) is 0. The molecule has 3 aliphatic rings. The molecule has 21 heavy (non-hydrogen) atoms. The number of hydrogen-bond acceptors (Lipinski definition) is 3. The summed E-state index contributed by atoms with van der Waals surface area (Å²) in [5.41, 5.74) is -0.257. The lowest BCUT2D eigenvalue weighted by molar-refractivity contribution is 0.0267.